The Labute approximate surface area is 120 Å². The van der Waals surface area contributed by atoms with Gasteiger partial charge >= 0.3 is 0 Å². The van der Waals surface area contributed by atoms with Gasteiger partial charge in [-0.05, 0) is 26.0 Å². The lowest BCUT2D eigenvalue weighted by Gasteiger charge is -2.06. The van der Waals surface area contributed by atoms with E-state index >= 15 is 0 Å². The molecule has 0 radical (unpaired) electrons. The third-order valence-corrected chi connectivity index (χ3v) is 3.25. The molecule has 0 spiro atoms. The summed E-state index contributed by atoms with van der Waals surface area (Å²) in [6, 6.07) is 4.47. The van der Waals surface area contributed by atoms with Crippen molar-refractivity contribution in [3.05, 3.63) is 46.0 Å². The van der Waals surface area contributed by atoms with Crippen LogP contribution in [0.15, 0.2) is 18.2 Å². The molecule has 0 bridgehead atoms. The van der Waals surface area contributed by atoms with E-state index in [2.05, 4.69) is 5.10 Å². The second-order valence-electron chi connectivity index (χ2n) is 4.41. The Morgan fingerprint density at radius 3 is 2.40 bits per heavy atom. The molecule has 1 aromatic carbocycles. The van der Waals surface area contributed by atoms with Crippen molar-refractivity contribution in [1.29, 1.82) is 0 Å². The fraction of sp³-hybridized carbons (Fsp3) is 0.214. The minimum absolute atomic E-state index is 0.0365. The summed E-state index contributed by atoms with van der Waals surface area (Å²) in [5, 5.41) is 4.00. The zero-order valence-corrected chi connectivity index (χ0v) is 12.0. The predicted octanol–water partition coefficient (Wildman–Crippen LogP) is 3.38. The van der Waals surface area contributed by atoms with Gasteiger partial charge in [-0.15, -0.1) is 0 Å². The Balaban J connectivity index is 2.76. The van der Waals surface area contributed by atoms with E-state index in [4.69, 9.17) is 11.6 Å². The lowest BCUT2D eigenvalue weighted by Crippen LogP contribution is -2.03. The summed E-state index contributed by atoms with van der Waals surface area (Å²) in [5.74, 6) is -1.29. The number of nitrogens with zero attached hydrogens (tertiary/aromatic N) is 2. The van der Waals surface area contributed by atoms with Gasteiger partial charge in [-0.1, -0.05) is 17.7 Å². The normalized spacial score (nSPS) is 10.7. The molecule has 2 rings (SSSR count). The quantitative estimate of drug-likeness (QED) is 0.816. The van der Waals surface area contributed by atoms with E-state index in [0.29, 0.717) is 5.69 Å². The standard InChI is InChI=1S/C14H12ClFN2O2/c1-7-12(8(2)19)14(9(3)20)17-18(7)11-6-4-5-10(15)13(11)16/h4-6H,1-3H3. The SMILES string of the molecule is CC(=O)c1nn(-c2cccc(Cl)c2F)c(C)c1C(C)=O. The maximum absolute atomic E-state index is 14.0. The van der Waals surface area contributed by atoms with E-state index in [1.54, 1.807) is 13.0 Å². The van der Waals surface area contributed by atoms with Gasteiger partial charge in [-0.3, -0.25) is 9.59 Å². The van der Waals surface area contributed by atoms with Gasteiger partial charge in [-0.2, -0.15) is 5.10 Å². The van der Waals surface area contributed by atoms with Crippen LogP contribution in [0.2, 0.25) is 5.02 Å². The molecule has 0 atom stereocenters. The van der Waals surface area contributed by atoms with Crippen LogP contribution in [-0.4, -0.2) is 21.3 Å². The summed E-state index contributed by atoms with van der Waals surface area (Å²) in [5.41, 5.74) is 0.750. The van der Waals surface area contributed by atoms with Crippen molar-refractivity contribution in [2.45, 2.75) is 20.8 Å². The summed E-state index contributed by atoms with van der Waals surface area (Å²) in [6.45, 7) is 4.26. The molecule has 2 aromatic rings. The minimum Gasteiger partial charge on any atom is -0.294 e. The van der Waals surface area contributed by atoms with Crippen molar-refractivity contribution < 1.29 is 14.0 Å². The van der Waals surface area contributed by atoms with Crippen molar-refractivity contribution >= 4 is 23.2 Å². The smallest absolute Gasteiger partial charge is 0.180 e. The molecule has 1 heterocycles. The first-order chi connectivity index (χ1) is 9.34. The first-order valence-electron chi connectivity index (χ1n) is 5.90. The molecular formula is C14H12ClFN2O2. The van der Waals surface area contributed by atoms with E-state index in [-0.39, 0.29) is 33.5 Å². The molecule has 4 nitrogen and oxygen atoms in total. The molecule has 0 aliphatic heterocycles. The lowest BCUT2D eigenvalue weighted by atomic mass is 10.1. The molecule has 0 saturated carbocycles. The second kappa shape index (κ2) is 5.17. The van der Waals surface area contributed by atoms with Crippen LogP contribution in [0.5, 0.6) is 0 Å². The molecular weight excluding hydrogens is 283 g/mol. The first-order valence-corrected chi connectivity index (χ1v) is 6.28. The fourth-order valence-electron chi connectivity index (χ4n) is 2.06. The zero-order chi connectivity index (χ0) is 15.0. The van der Waals surface area contributed by atoms with Gasteiger partial charge in [0, 0.05) is 6.92 Å². The van der Waals surface area contributed by atoms with Gasteiger partial charge in [0.15, 0.2) is 17.4 Å². The number of hydrogen-bond acceptors (Lipinski definition) is 3. The predicted molar refractivity (Wildman–Crippen MR) is 73.3 cm³/mol. The van der Waals surface area contributed by atoms with Crippen LogP contribution < -0.4 is 0 Å². The van der Waals surface area contributed by atoms with E-state index in [1.807, 2.05) is 0 Å². The Morgan fingerprint density at radius 1 is 1.25 bits per heavy atom. The average molecular weight is 295 g/mol. The van der Waals surface area contributed by atoms with Crippen LogP contribution >= 0.6 is 11.6 Å². The van der Waals surface area contributed by atoms with Crippen molar-refractivity contribution in [2.24, 2.45) is 0 Å². The number of ketones is 2. The highest BCUT2D eigenvalue weighted by atomic mass is 35.5. The van der Waals surface area contributed by atoms with Crippen molar-refractivity contribution in [3.63, 3.8) is 0 Å². The fourth-order valence-corrected chi connectivity index (χ4v) is 2.23. The Kier molecular flexibility index (Phi) is 3.72. The number of aromatic nitrogens is 2. The molecule has 104 valence electrons. The third-order valence-electron chi connectivity index (χ3n) is 2.96. The van der Waals surface area contributed by atoms with E-state index in [1.165, 1.54) is 30.7 Å². The van der Waals surface area contributed by atoms with Crippen molar-refractivity contribution in [3.8, 4) is 5.69 Å². The summed E-state index contributed by atoms with van der Waals surface area (Å²) in [7, 11) is 0. The Bertz CT molecular complexity index is 722. The van der Waals surface area contributed by atoms with Crippen molar-refractivity contribution in [2.75, 3.05) is 0 Å². The first kappa shape index (κ1) is 14.4. The van der Waals surface area contributed by atoms with Gasteiger partial charge in [0.1, 0.15) is 11.4 Å². The maximum atomic E-state index is 14.0. The minimum atomic E-state index is -0.648. The van der Waals surface area contributed by atoms with E-state index < -0.39 is 5.82 Å². The van der Waals surface area contributed by atoms with E-state index in [9.17, 15) is 14.0 Å². The Hall–Kier alpha value is -2.01. The molecule has 6 heteroatoms. The highest BCUT2D eigenvalue weighted by molar-refractivity contribution is 6.30. The zero-order valence-electron chi connectivity index (χ0n) is 11.2. The van der Waals surface area contributed by atoms with Gasteiger partial charge in [0.2, 0.25) is 0 Å². The number of hydrogen-bond donors (Lipinski definition) is 0. The van der Waals surface area contributed by atoms with Crippen LogP contribution in [-0.2, 0) is 0 Å². The molecule has 0 saturated heterocycles. The molecule has 0 aliphatic rings. The number of benzene rings is 1. The van der Waals surface area contributed by atoms with Crippen LogP contribution in [0.1, 0.15) is 40.4 Å². The van der Waals surface area contributed by atoms with Crippen molar-refractivity contribution in [1.82, 2.24) is 9.78 Å². The highest BCUT2D eigenvalue weighted by Gasteiger charge is 2.23. The summed E-state index contributed by atoms with van der Waals surface area (Å²) in [4.78, 5) is 23.2. The van der Waals surface area contributed by atoms with Gasteiger partial charge in [-0.25, -0.2) is 9.07 Å². The van der Waals surface area contributed by atoms with Gasteiger partial charge < -0.3 is 0 Å². The van der Waals surface area contributed by atoms with Gasteiger partial charge in [0.25, 0.3) is 0 Å². The second-order valence-corrected chi connectivity index (χ2v) is 4.81. The number of halogens is 2. The van der Waals surface area contributed by atoms with Crippen LogP contribution in [0.25, 0.3) is 5.69 Å². The number of rotatable bonds is 3. The number of carbonyl (C=O) groups excluding carboxylic acids is 2. The number of Topliss-reactive ketones (excluding diaryl/α,β-unsaturated/α-hetero) is 2. The summed E-state index contributed by atoms with van der Waals surface area (Å²) >= 11 is 5.74. The maximum Gasteiger partial charge on any atom is 0.180 e. The summed E-state index contributed by atoms with van der Waals surface area (Å²) < 4.78 is 15.3. The van der Waals surface area contributed by atoms with Crippen LogP contribution in [0.4, 0.5) is 4.39 Å². The monoisotopic (exact) mass is 294 g/mol. The largest absolute Gasteiger partial charge is 0.294 e. The summed E-state index contributed by atoms with van der Waals surface area (Å²) in [6.07, 6.45) is 0. The molecule has 0 aliphatic carbocycles. The van der Waals surface area contributed by atoms with Crippen LogP contribution in [0.3, 0.4) is 0 Å². The van der Waals surface area contributed by atoms with E-state index in [0.717, 1.165) is 0 Å². The molecule has 0 unspecified atom stereocenters. The van der Waals surface area contributed by atoms with Crippen LogP contribution in [0, 0.1) is 12.7 Å². The lowest BCUT2D eigenvalue weighted by molar-refractivity contribution is 0.0978. The molecule has 0 amide bonds. The molecule has 0 N–H and O–H groups in total. The molecule has 1 aromatic heterocycles. The third kappa shape index (κ3) is 2.25. The number of carbonyl (C=O) groups is 2. The van der Waals surface area contributed by atoms with Gasteiger partial charge in [0.05, 0.1) is 16.3 Å². The molecule has 0 fully saturated rings. The average Bonchev–Trinajstić information content (AvgIpc) is 2.71. The Morgan fingerprint density at radius 2 is 1.90 bits per heavy atom. The molecule has 20 heavy (non-hydrogen) atoms. The topological polar surface area (TPSA) is 52.0 Å². The highest BCUT2D eigenvalue weighted by Crippen LogP contribution is 2.25.